The van der Waals surface area contributed by atoms with Gasteiger partial charge in [0.1, 0.15) is 5.69 Å². The average molecular weight is 321 g/mol. The van der Waals surface area contributed by atoms with Gasteiger partial charge in [0, 0.05) is 23.3 Å². The van der Waals surface area contributed by atoms with Crippen LogP contribution in [0.1, 0.15) is 23.3 Å². The zero-order valence-electron chi connectivity index (χ0n) is 9.28. The Kier molecular flexibility index (Phi) is 5.88. The van der Waals surface area contributed by atoms with Crippen LogP contribution in [0.25, 0.3) is 0 Å². The number of hydrogen-bond acceptors (Lipinski definition) is 3. The summed E-state index contributed by atoms with van der Waals surface area (Å²) in [5, 5.41) is 6.24. The molecule has 1 aromatic heterocycles. The molecule has 0 unspecified atom stereocenters. The van der Waals surface area contributed by atoms with E-state index in [0.717, 1.165) is 30.4 Å². The molecule has 1 saturated heterocycles. The molecule has 6 heteroatoms. The number of carbonyl (C=O) groups is 1. The Morgan fingerprint density at radius 1 is 1.59 bits per heavy atom. The van der Waals surface area contributed by atoms with Crippen LogP contribution in [0, 0.1) is 0 Å². The predicted octanol–water partition coefficient (Wildman–Crippen LogP) is 1.75. The number of aromatic nitrogens is 1. The van der Waals surface area contributed by atoms with E-state index in [0.29, 0.717) is 5.69 Å². The molecule has 0 saturated carbocycles. The van der Waals surface area contributed by atoms with Crippen molar-refractivity contribution in [2.75, 3.05) is 13.1 Å². The first-order valence-electron chi connectivity index (χ1n) is 5.39. The lowest BCUT2D eigenvalue weighted by atomic mass is 10.1. The van der Waals surface area contributed by atoms with Crippen LogP contribution in [-0.4, -0.2) is 30.0 Å². The molecule has 0 aliphatic carbocycles. The smallest absolute Gasteiger partial charge is 0.271 e. The number of nitrogens with zero attached hydrogens (tertiary/aromatic N) is 1. The maximum atomic E-state index is 11.9. The minimum Gasteiger partial charge on any atom is -0.347 e. The van der Waals surface area contributed by atoms with E-state index in [4.69, 9.17) is 0 Å². The molecule has 1 amide bonds. The van der Waals surface area contributed by atoms with Gasteiger partial charge >= 0.3 is 0 Å². The summed E-state index contributed by atoms with van der Waals surface area (Å²) >= 11 is 3.32. The summed E-state index contributed by atoms with van der Waals surface area (Å²) in [5.74, 6) is -0.110. The summed E-state index contributed by atoms with van der Waals surface area (Å²) in [5.41, 5.74) is 0.452. The topological polar surface area (TPSA) is 54.0 Å². The number of pyridine rings is 1. The minimum absolute atomic E-state index is 0. The second-order valence-electron chi connectivity index (χ2n) is 3.85. The molecule has 1 fully saturated rings. The van der Waals surface area contributed by atoms with Gasteiger partial charge in [0.05, 0.1) is 0 Å². The highest BCUT2D eigenvalue weighted by Crippen LogP contribution is 2.13. The first kappa shape index (κ1) is 14.4. The molecule has 0 radical (unpaired) electrons. The molecular weight excluding hydrogens is 305 g/mol. The first-order chi connectivity index (χ1) is 7.77. The third kappa shape index (κ3) is 3.94. The van der Waals surface area contributed by atoms with Gasteiger partial charge in [0.15, 0.2) is 0 Å². The van der Waals surface area contributed by atoms with Gasteiger partial charge in [-0.1, -0.05) is 0 Å². The standard InChI is InChI=1S/C11H14BrN3O.ClH/c12-9-4-2-6-14-10(9)11(16)15-8-3-1-5-13-7-8;/h2,4,6,8,13H,1,3,5,7H2,(H,15,16);1H/t8-;/m1./s1. The molecule has 0 aromatic carbocycles. The Bertz CT molecular complexity index is 383. The molecular formula is C11H15BrClN3O. The van der Waals surface area contributed by atoms with Crippen molar-refractivity contribution < 1.29 is 4.79 Å². The number of amides is 1. The Balaban J connectivity index is 0.00000144. The van der Waals surface area contributed by atoms with E-state index in [2.05, 4.69) is 31.5 Å². The maximum absolute atomic E-state index is 11.9. The van der Waals surface area contributed by atoms with Gasteiger partial charge in [-0.3, -0.25) is 4.79 Å². The molecule has 4 nitrogen and oxygen atoms in total. The summed E-state index contributed by atoms with van der Waals surface area (Å²) < 4.78 is 0.733. The maximum Gasteiger partial charge on any atom is 0.271 e. The van der Waals surface area contributed by atoms with E-state index in [1.54, 1.807) is 12.3 Å². The predicted molar refractivity (Wildman–Crippen MR) is 72.5 cm³/mol. The Labute approximate surface area is 115 Å². The zero-order valence-corrected chi connectivity index (χ0v) is 11.7. The van der Waals surface area contributed by atoms with Gasteiger partial charge in [-0.25, -0.2) is 4.98 Å². The van der Waals surface area contributed by atoms with Gasteiger partial charge in [-0.2, -0.15) is 0 Å². The van der Waals surface area contributed by atoms with E-state index in [-0.39, 0.29) is 24.4 Å². The van der Waals surface area contributed by atoms with Crippen molar-refractivity contribution in [1.82, 2.24) is 15.6 Å². The molecule has 0 bridgehead atoms. The second-order valence-corrected chi connectivity index (χ2v) is 4.70. The molecule has 2 N–H and O–H groups in total. The van der Waals surface area contributed by atoms with Crippen molar-refractivity contribution in [3.8, 4) is 0 Å². The lowest BCUT2D eigenvalue weighted by Crippen LogP contribution is -2.45. The van der Waals surface area contributed by atoms with E-state index >= 15 is 0 Å². The van der Waals surface area contributed by atoms with Crippen molar-refractivity contribution in [2.24, 2.45) is 0 Å². The molecule has 2 heterocycles. The highest BCUT2D eigenvalue weighted by atomic mass is 79.9. The summed E-state index contributed by atoms with van der Waals surface area (Å²) in [6.45, 7) is 1.88. The number of halogens is 2. The lowest BCUT2D eigenvalue weighted by molar-refractivity contribution is 0.0925. The quantitative estimate of drug-likeness (QED) is 0.873. The van der Waals surface area contributed by atoms with Gasteiger partial charge < -0.3 is 10.6 Å². The monoisotopic (exact) mass is 319 g/mol. The molecule has 1 atom stereocenters. The molecule has 1 aromatic rings. The Hall–Kier alpha value is -0.650. The summed E-state index contributed by atoms with van der Waals surface area (Å²) in [4.78, 5) is 16.0. The van der Waals surface area contributed by atoms with Crippen LogP contribution < -0.4 is 10.6 Å². The van der Waals surface area contributed by atoms with Crippen molar-refractivity contribution in [3.63, 3.8) is 0 Å². The Morgan fingerprint density at radius 3 is 3.06 bits per heavy atom. The Morgan fingerprint density at radius 2 is 2.41 bits per heavy atom. The van der Waals surface area contributed by atoms with E-state index in [1.807, 2.05) is 6.07 Å². The third-order valence-electron chi connectivity index (χ3n) is 2.61. The second kappa shape index (κ2) is 6.93. The summed E-state index contributed by atoms with van der Waals surface area (Å²) in [7, 11) is 0. The fourth-order valence-corrected chi connectivity index (χ4v) is 2.22. The van der Waals surface area contributed by atoms with E-state index < -0.39 is 0 Å². The van der Waals surface area contributed by atoms with Crippen molar-refractivity contribution in [3.05, 3.63) is 28.5 Å². The van der Waals surface area contributed by atoms with Crippen molar-refractivity contribution in [1.29, 1.82) is 0 Å². The third-order valence-corrected chi connectivity index (χ3v) is 3.25. The number of nitrogens with one attached hydrogen (secondary N) is 2. The summed E-state index contributed by atoms with van der Waals surface area (Å²) in [6.07, 6.45) is 3.76. The van der Waals surface area contributed by atoms with Crippen LogP contribution in [0.2, 0.25) is 0 Å². The number of rotatable bonds is 2. The normalized spacial score (nSPS) is 19.2. The molecule has 0 spiro atoms. The highest BCUT2D eigenvalue weighted by Gasteiger charge is 2.18. The molecule has 17 heavy (non-hydrogen) atoms. The van der Waals surface area contributed by atoms with Crippen LogP contribution >= 0.6 is 28.3 Å². The van der Waals surface area contributed by atoms with Crippen LogP contribution in [0.15, 0.2) is 22.8 Å². The molecule has 1 aliphatic heterocycles. The zero-order chi connectivity index (χ0) is 11.4. The number of hydrogen-bond donors (Lipinski definition) is 2. The molecule has 1 aliphatic rings. The van der Waals surface area contributed by atoms with Gasteiger partial charge in [0.2, 0.25) is 0 Å². The summed E-state index contributed by atoms with van der Waals surface area (Å²) in [6, 6.07) is 3.83. The van der Waals surface area contributed by atoms with Crippen LogP contribution in [-0.2, 0) is 0 Å². The van der Waals surface area contributed by atoms with Crippen LogP contribution in [0.3, 0.4) is 0 Å². The largest absolute Gasteiger partial charge is 0.347 e. The van der Waals surface area contributed by atoms with E-state index in [1.165, 1.54) is 0 Å². The van der Waals surface area contributed by atoms with Crippen molar-refractivity contribution >= 4 is 34.2 Å². The highest BCUT2D eigenvalue weighted by molar-refractivity contribution is 9.10. The van der Waals surface area contributed by atoms with Crippen LogP contribution in [0.5, 0.6) is 0 Å². The number of piperidine rings is 1. The average Bonchev–Trinajstić information content (AvgIpc) is 2.31. The van der Waals surface area contributed by atoms with Gasteiger partial charge in [-0.05, 0) is 47.4 Å². The fraction of sp³-hybridized carbons (Fsp3) is 0.455. The molecule has 94 valence electrons. The number of carbonyl (C=O) groups excluding carboxylic acids is 1. The van der Waals surface area contributed by atoms with E-state index in [9.17, 15) is 4.79 Å². The SMILES string of the molecule is Cl.O=C(N[C@@H]1CCCNC1)c1ncccc1Br. The van der Waals surface area contributed by atoms with Gasteiger partial charge in [0.25, 0.3) is 5.91 Å². The first-order valence-corrected chi connectivity index (χ1v) is 6.19. The van der Waals surface area contributed by atoms with Crippen molar-refractivity contribution in [2.45, 2.75) is 18.9 Å². The fourth-order valence-electron chi connectivity index (χ4n) is 1.78. The lowest BCUT2D eigenvalue weighted by Gasteiger charge is -2.23. The van der Waals surface area contributed by atoms with Gasteiger partial charge in [-0.15, -0.1) is 12.4 Å². The molecule has 2 rings (SSSR count). The minimum atomic E-state index is -0.110. The van der Waals surface area contributed by atoms with Crippen LogP contribution in [0.4, 0.5) is 0 Å².